The zero-order valence-electron chi connectivity index (χ0n) is 14.2. The van der Waals surface area contributed by atoms with Crippen LogP contribution in [0, 0.1) is 0 Å². The van der Waals surface area contributed by atoms with Gasteiger partial charge in [0.05, 0.1) is 10.7 Å². The SMILES string of the molecule is Cl.ClCCCN(CCCCl)c1ccc(C=Nc2cccc(Cl)c2)c(Cl)c1. The van der Waals surface area contributed by atoms with Gasteiger partial charge in [-0.15, -0.1) is 35.6 Å². The molecule has 0 spiro atoms. The first kappa shape index (κ1) is 23.4. The van der Waals surface area contributed by atoms with E-state index in [1.165, 1.54) is 0 Å². The van der Waals surface area contributed by atoms with Crippen LogP contribution >= 0.6 is 58.8 Å². The van der Waals surface area contributed by atoms with Crippen LogP contribution in [0.2, 0.25) is 10.0 Å². The summed E-state index contributed by atoms with van der Waals surface area (Å²) in [5.74, 6) is 1.27. The molecule has 0 aliphatic rings. The summed E-state index contributed by atoms with van der Waals surface area (Å²) in [4.78, 5) is 6.69. The molecule has 0 aliphatic heterocycles. The summed E-state index contributed by atoms with van der Waals surface area (Å²) in [5.41, 5.74) is 2.72. The van der Waals surface area contributed by atoms with Gasteiger partial charge in [-0.2, -0.15) is 0 Å². The van der Waals surface area contributed by atoms with Gasteiger partial charge in [0.15, 0.2) is 0 Å². The Hall–Kier alpha value is -0.640. The standard InChI is InChI=1S/C19H20Cl4N2.ClH/c20-8-2-10-25(11-3-9-21)18-7-6-15(19(23)13-18)14-24-17-5-1-4-16(22)12-17;/h1,4-7,12-14H,2-3,8-11H2;1H. The first-order valence-corrected chi connectivity index (χ1v) is 9.92. The lowest BCUT2D eigenvalue weighted by Gasteiger charge is -2.24. The molecule has 0 aromatic heterocycles. The van der Waals surface area contributed by atoms with Crippen LogP contribution in [0.3, 0.4) is 0 Å². The molecular formula is C19H21Cl5N2. The molecule has 26 heavy (non-hydrogen) atoms. The van der Waals surface area contributed by atoms with Crippen LogP contribution in [0.5, 0.6) is 0 Å². The average molecular weight is 455 g/mol. The van der Waals surface area contributed by atoms with Crippen LogP contribution in [-0.2, 0) is 0 Å². The molecule has 0 aliphatic carbocycles. The molecule has 0 N–H and O–H groups in total. The molecule has 0 heterocycles. The maximum atomic E-state index is 6.44. The molecule has 0 atom stereocenters. The summed E-state index contributed by atoms with van der Waals surface area (Å²) in [7, 11) is 0. The third-order valence-corrected chi connectivity index (χ3v) is 4.73. The second kappa shape index (κ2) is 12.7. The average Bonchev–Trinajstić information content (AvgIpc) is 2.61. The summed E-state index contributed by atoms with van der Waals surface area (Å²) < 4.78 is 0. The lowest BCUT2D eigenvalue weighted by molar-refractivity contribution is 0.749. The van der Waals surface area contributed by atoms with Crippen LogP contribution in [0.15, 0.2) is 47.5 Å². The Bertz CT molecular complexity index is 698. The van der Waals surface area contributed by atoms with E-state index in [4.69, 9.17) is 46.4 Å². The third kappa shape index (κ3) is 7.54. The lowest BCUT2D eigenvalue weighted by Crippen LogP contribution is -2.26. The molecular weight excluding hydrogens is 433 g/mol. The highest BCUT2D eigenvalue weighted by atomic mass is 35.5. The fraction of sp³-hybridized carbons (Fsp3) is 0.316. The molecule has 2 aromatic rings. The van der Waals surface area contributed by atoms with E-state index in [0.29, 0.717) is 21.8 Å². The minimum atomic E-state index is 0. The van der Waals surface area contributed by atoms with Gasteiger partial charge in [0, 0.05) is 47.3 Å². The van der Waals surface area contributed by atoms with Gasteiger partial charge in [-0.05, 0) is 49.2 Å². The molecule has 2 nitrogen and oxygen atoms in total. The smallest absolute Gasteiger partial charge is 0.0644 e. The van der Waals surface area contributed by atoms with Gasteiger partial charge in [-0.1, -0.05) is 29.3 Å². The van der Waals surface area contributed by atoms with Crippen molar-refractivity contribution >= 4 is 76.4 Å². The Morgan fingerprint density at radius 1 is 0.923 bits per heavy atom. The Morgan fingerprint density at radius 2 is 1.62 bits per heavy atom. The van der Waals surface area contributed by atoms with Gasteiger partial charge >= 0.3 is 0 Å². The van der Waals surface area contributed by atoms with Crippen molar-refractivity contribution in [2.24, 2.45) is 4.99 Å². The predicted molar refractivity (Wildman–Crippen MR) is 120 cm³/mol. The minimum Gasteiger partial charge on any atom is -0.371 e. The lowest BCUT2D eigenvalue weighted by atomic mass is 10.2. The number of nitrogens with zero attached hydrogens (tertiary/aromatic N) is 2. The Labute approximate surface area is 181 Å². The molecule has 0 bridgehead atoms. The summed E-state index contributed by atoms with van der Waals surface area (Å²) in [6.45, 7) is 1.76. The molecule has 2 aromatic carbocycles. The monoisotopic (exact) mass is 452 g/mol. The Kier molecular flexibility index (Phi) is 11.4. The van der Waals surface area contributed by atoms with E-state index < -0.39 is 0 Å². The molecule has 0 saturated carbocycles. The van der Waals surface area contributed by atoms with Gasteiger partial charge < -0.3 is 4.90 Å². The van der Waals surface area contributed by atoms with E-state index in [9.17, 15) is 0 Å². The summed E-state index contributed by atoms with van der Waals surface area (Å²) >= 11 is 24.1. The van der Waals surface area contributed by atoms with E-state index in [-0.39, 0.29) is 12.4 Å². The zero-order valence-corrected chi connectivity index (χ0v) is 18.0. The zero-order chi connectivity index (χ0) is 18.1. The van der Waals surface area contributed by atoms with E-state index in [1.54, 1.807) is 12.3 Å². The first-order valence-electron chi connectivity index (χ1n) is 8.10. The van der Waals surface area contributed by atoms with Crippen LogP contribution in [-0.4, -0.2) is 31.1 Å². The van der Waals surface area contributed by atoms with Crippen molar-refractivity contribution in [2.75, 3.05) is 29.7 Å². The van der Waals surface area contributed by atoms with Crippen LogP contribution < -0.4 is 4.90 Å². The molecule has 142 valence electrons. The number of hydrogen-bond donors (Lipinski definition) is 0. The molecule has 0 radical (unpaired) electrons. The largest absolute Gasteiger partial charge is 0.371 e. The summed E-state index contributed by atoms with van der Waals surface area (Å²) in [6.07, 6.45) is 3.58. The fourth-order valence-electron chi connectivity index (χ4n) is 2.39. The number of alkyl halides is 2. The summed E-state index contributed by atoms with van der Waals surface area (Å²) in [5, 5.41) is 1.32. The van der Waals surface area contributed by atoms with E-state index in [2.05, 4.69) is 9.89 Å². The van der Waals surface area contributed by atoms with Crippen molar-refractivity contribution in [3.05, 3.63) is 58.1 Å². The topological polar surface area (TPSA) is 15.6 Å². The predicted octanol–water partition coefficient (Wildman–Crippen LogP) is 7.23. The van der Waals surface area contributed by atoms with Crippen molar-refractivity contribution in [1.29, 1.82) is 0 Å². The van der Waals surface area contributed by atoms with E-state index >= 15 is 0 Å². The second-order valence-corrected chi connectivity index (χ2v) is 7.12. The first-order chi connectivity index (χ1) is 12.1. The third-order valence-electron chi connectivity index (χ3n) is 3.63. The van der Waals surface area contributed by atoms with Crippen molar-refractivity contribution in [2.45, 2.75) is 12.8 Å². The number of aliphatic imine (C=N–C) groups is 1. The number of halogens is 5. The molecule has 2 rings (SSSR count). The van der Waals surface area contributed by atoms with E-state index in [1.807, 2.05) is 36.4 Å². The van der Waals surface area contributed by atoms with Crippen LogP contribution in [0.25, 0.3) is 0 Å². The molecule has 0 amide bonds. The minimum absolute atomic E-state index is 0. The molecule has 7 heteroatoms. The highest BCUT2D eigenvalue weighted by molar-refractivity contribution is 6.33. The highest BCUT2D eigenvalue weighted by Crippen LogP contribution is 2.25. The normalized spacial score (nSPS) is 10.8. The number of benzene rings is 2. The van der Waals surface area contributed by atoms with Gasteiger partial charge in [-0.3, -0.25) is 4.99 Å². The van der Waals surface area contributed by atoms with Gasteiger partial charge in [0.25, 0.3) is 0 Å². The summed E-state index contributed by atoms with van der Waals surface area (Å²) in [6, 6.07) is 13.4. The van der Waals surface area contributed by atoms with Crippen molar-refractivity contribution in [1.82, 2.24) is 0 Å². The number of anilines is 1. The molecule has 0 unspecified atom stereocenters. The van der Waals surface area contributed by atoms with Crippen LogP contribution in [0.1, 0.15) is 18.4 Å². The van der Waals surface area contributed by atoms with E-state index in [0.717, 1.165) is 42.9 Å². The molecule has 0 saturated heterocycles. The maximum absolute atomic E-state index is 6.44. The quantitative estimate of drug-likeness (QED) is 0.288. The Balaban J connectivity index is 0.00000338. The highest BCUT2D eigenvalue weighted by Gasteiger charge is 2.08. The number of rotatable bonds is 9. The van der Waals surface area contributed by atoms with Gasteiger partial charge in [0.1, 0.15) is 0 Å². The van der Waals surface area contributed by atoms with Crippen molar-refractivity contribution in [3.63, 3.8) is 0 Å². The van der Waals surface area contributed by atoms with Gasteiger partial charge in [0.2, 0.25) is 0 Å². The molecule has 0 fully saturated rings. The van der Waals surface area contributed by atoms with Crippen LogP contribution in [0.4, 0.5) is 11.4 Å². The van der Waals surface area contributed by atoms with Gasteiger partial charge in [-0.25, -0.2) is 0 Å². The second-order valence-electron chi connectivity index (χ2n) is 5.52. The Morgan fingerprint density at radius 3 is 2.19 bits per heavy atom. The van der Waals surface area contributed by atoms with Crippen molar-refractivity contribution in [3.8, 4) is 0 Å². The fourth-order valence-corrected chi connectivity index (χ4v) is 3.04. The number of hydrogen-bond acceptors (Lipinski definition) is 2. The van der Waals surface area contributed by atoms with Crippen molar-refractivity contribution < 1.29 is 0 Å². The maximum Gasteiger partial charge on any atom is 0.0644 e.